The second kappa shape index (κ2) is 11.1. The molecule has 194 valence electrons. The van der Waals surface area contributed by atoms with Gasteiger partial charge in [-0.25, -0.2) is 9.69 Å². The van der Waals surface area contributed by atoms with E-state index in [-0.39, 0.29) is 35.0 Å². The molecule has 3 aromatic rings. The van der Waals surface area contributed by atoms with Gasteiger partial charge in [0, 0.05) is 5.56 Å². The second-order valence-electron chi connectivity index (χ2n) is 8.08. The molecular formula is C28H24N2O7S. The van der Waals surface area contributed by atoms with Crippen LogP contribution in [0.4, 0.5) is 10.5 Å². The van der Waals surface area contributed by atoms with Crippen molar-refractivity contribution in [2.75, 3.05) is 11.5 Å². The fourth-order valence-electron chi connectivity index (χ4n) is 3.81. The molecule has 1 N–H and O–H groups in total. The highest BCUT2D eigenvalue weighted by Gasteiger charge is 2.37. The van der Waals surface area contributed by atoms with Gasteiger partial charge in [-0.15, -0.1) is 6.58 Å². The minimum atomic E-state index is -4.19. The zero-order valence-corrected chi connectivity index (χ0v) is 21.2. The van der Waals surface area contributed by atoms with E-state index in [1.165, 1.54) is 24.3 Å². The van der Waals surface area contributed by atoms with Gasteiger partial charge in [0.1, 0.15) is 10.5 Å². The molecule has 1 saturated heterocycles. The van der Waals surface area contributed by atoms with Crippen molar-refractivity contribution in [3.8, 4) is 11.5 Å². The maximum absolute atomic E-state index is 13.2. The molecule has 0 unspecified atom stereocenters. The maximum Gasteiger partial charge on any atom is 0.339 e. The van der Waals surface area contributed by atoms with E-state index >= 15 is 0 Å². The van der Waals surface area contributed by atoms with Gasteiger partial charge in [-0.05, 0) is 61.4 Å². The summed E-state index contributed by atoms with van der Waals surface area (Å²) in [5.41, 5.74) is 0.768. The zero-order chi connectivity index (χ0) is 27.3. The van der Waals surface area contributed by atoms with Gasteiger partial charge in [-0.2, -0.15) is 8.42 Å². The van der Waals surface area contributed by atoms with Crippen LogP contribution >= 0.6 is 0 Å². The van der Waals surface area contributed by atoms with Gasteiger partial charge in [-0.3, -0.25) is 14.9 Å². The largest absolute Gasteiger partial charge is 0.490 e. The number of nitrogens with one attached hydrogen (secondary N) is 1. The van der Waals surface area contributed by atoms with Gasteiger partial charge in [0.05, 0.1) is 12.3 Å². The molecule has 0 atom stereocenters. The van der Waals surface area contributed by atoms with E-state index in [1.54, 1.807) is 67.6 Å². The van der Waals surface area contributed by atoms with Crippen LogP contribution in [-0.2, 0) is 26.1 Å². The number of hydrogen-bond acceptors (Lipinski definition) is 7. The smallest absolute Gasteiger partial charge is 0.339 e. The molecule has 0 radical (unpaired) electrons. The summed E-state index contributed by atoms with van der Waals surface area (Å²) < 4.78 is 37.1. The van der Waals surface area contributed by atoms with Crippen LogP contribution in [0.2, 0.25) is 0 Å². The predicted molar refractivity (Wildman–Crippen MR) is 141 cm³/mol. The maximum atomic E-state index is 13.2. The fourth-order valence-corrected chi connectivity index (χ4v) is 4.81. The van der Waals surface area contributed by atoms with Gasteiger partial charge >= 0.3 is 16.1 Å². The van der Waals surface area contributed by atoms with Gasteiger partial charge in [0.25, 0.3) is 11.8 Å². The standard InChI is InChI=1S/C28H24N2O7S/c1-3-11-20-16-19(17-23-26(31)29-28(33)30(27(23)32)21-12-7-5-8-13-21)18-24(36-4-2)25(20)37-38(34,35)22-14-9-6-10-15-22/h3,5-10,12-18H,1,4,11H2,2H3,(H,29,31,33)/b23-17+. The highest BCUT2D eigenvalue weighted by molar-refractivity contribution is 7.87. The summed E-state index contributed by atoms with van der Waals surface area (Å²) in [6.45, 7) is 5.63. The van der Waals surface area contributed by atoms with Crippen LogP contribution in [0.3, 0.4) is 0 Å². The summed E-state index contributed by atoms with van der Waals surface area (Å²) in [5.74, 6) is -1.60. The fraction of sp³-hybridized carbons (Fsp3) is 0.107. The molecule has 10 heteroatoms. The second-order valence-corrected chi connectivity index (χ2v) is 9.62. The van der Waals surface area contributed by atoms with Crippen molar-refractivity contribution in [3.63, 3.8) is 0 Å². The van der Waals surface area contributed by atoms with Crippen molar-refractivity contribution in [2.45, 2.75) is 18.2 Å². The third kappa shape index (κ3) is 5.50. The molecule has 1 fully saturated rings. The number of ether oxygens (including phenoxy) is 1. The van der Waals surface area contributed by atoms with Crippen LogP contribution in [0.1, 0.15) is 18.1 Å². The number of hydrogen-bond donors (Lipinski definition) is 1. The number of anilines is 1. The molecule has 0 saturated carbocycles. The Bertz CT molecular complexity index is 1530. The van der Waals surface area contributed by atoms with E-state index in [1.807, 2.05) is 0 Å². The van der Waals surface area contributed by atoms with E-state index < -0.39 is 28.0 Å². The number of para-hydroxylation sites is 1. The average Bonchev–Trinajstić information content (AvgIpc) is 2.90. The molecule has 3 aromatic carbocycles. The summed E-state index contributed by atoms with van der Waals surface area (Å²) in [7, 11) is -4.19. The van der Waals surface area contributed by atoms with Crippen LogP contribution < -0.4 is 19.1 Å². The Hall–Kier alpha value is -4.70. The van der Waals surface area contributed by atoms with Crippen molar-refractivity contribution >= 4 is 39.7 Å². The minimum absolute atomic E-state index is 0.0294. The predicted octanol–water partition coefficient (Wildman–Crippen LogP) is 4.25. The first-order valence-electron chi connectivity index (χ1n) is 11.6. The SMILES string of the molecule is C=CCc1cc(/C=C2\C(=O)NC(=O)N(c3ccccc3)C2=O)cc(OCC)c1OS(=O)(=O)c1ccccc1. The van der Waals surface area contributed by atoms with Gasteiger partial charge in [-0.1, -0.05) is 42.5 Å². The molecule has 4 rings (SSSR count). The van der Waals surface area contributed by atoms with Crippen LogP contribution in [0.15, 0.2) is 95.9 Å². The van der Waals surface area contributed by atoms with Crippen LogP contribution in [0.25, 0.3) is 6.08 Å². The number of nitrogens with zero attached hydrogens (tertiary/aromatic N) is 1. The number of barbiturate groups is 1. The molecule has 38 heavy (non-hydrogen) atoms. The molecule has 1 aliphatic rings. The summed E-state index contributed by atoms with van der Waals surface area (Å²) in [4.78, 5) is 39.1. The Morgan fingerprint density at radius 2 is 1.63 bits per heavy atom. The molecule has 1 aliphatic heterocycles. The summed E-state index contributed by atoms with van der Waals surface area (Å²) in [6, 6.07) is 18.0. The lowest BCUT2D eigenvalue weighted by atomic mass is 10.0. The molecule has 0 spiro atoms. The number of imide groups is 2. The summed E-state index contributed by atoms with van der Waals surface area (Å²) in [6.07, 6.45) is 3.06. The highest BCUT2D eigenvalue weighted by atomic mass is 32.2. The van der Waals surface area contributed by atoms with E-state index in [4.69, 9.17) is 8.92 Å². The Labute approximate surface area is 220 Å². The van der Waals surface area contributed by atoms with Crippen molar-refractivity contribution in [2.24, 2.45) is 0 Å². The molecule has 9 nitrogen and oxygen atoms in total. The molecule has 0 aromatic heterocycles. The summed E-state index contributed by atoms with van der Waals surface area (Å²) >= 11 is 0. The molecular weight excluding hydrogens is 508 g/mol. The number of amides is 4. The number of carbonyl (C=O) groups is 3. The number of rotatable bonds is 9. The van der Waals surface area contributed by atoms with Crippen LogP contribution in [-0.4, -0.2) is 32.9 Å². The van der Waals surface area contributed by atoms with E-state index in [9.17, 15) is 22.8 Å². The van der Waals surface area contributed by atoms with Crippen LogP contribution in [0.5, 0.6) is 11.5 Å². The van der Waals surface area contributed by atoms with Crippen molar-refractivity contribution < 1.29 is 31.7 Å². The molecule has 4 amide bonds. The molecule has 1 heterocycles. The molecule has 0 aliphatic carbocycles. The number of allylic oxidation sites excluding steroid dienone is 1. The van der Waals surface area contributed by atoms with Crippen molar-refractivity contribution in [1.29, 1.82) is 0 Å². The third-order valence-corrected chi connectivity index (χ3v) is 6.71. The first-order chi connectivity index (χ1) is 18.2. The highest BCUT2D eigenvalue weighted by Crippen LogP contribution is 2.37. The van der Waals surface area contributed by atoms with E-state index in [0.717, 1.165) is 4.90 Å². The number of carbonyl (C=O) groups excluding carboxylic acids is 3. The van der Waals surface area contributed by atoms with E-state index in [2.05, 4.69) is 11.9 Å². The number of urea groups is 1. The third-order valence-electron chi connectivity index (χ3n) is 5.47. The Morgan fingerprint density at radius 3 is 2.26 bits per heavy atom. The van der Waals surface area contributed by atoms with Gasteiger partial charge in [0.2, 0.25) is 0 Å². The van der Waals surface area contributed by atoms with Crippen molar-refractivity contribution in [1.82, 2.24) is 5.32 Å². The first-order valence-corrected chi connectivity index (χ1v) is 13.0. The quantitative estimate of drug-likeness (QED) is 0.189. The molecule has 0 bridgehead atoms. The topological polar surface area (TPSA) is 119 Å². The average molecular weight is 533 g/mol. The van der Waals surface area contributed by atoms with Crippen LogP contribution in [0, 0.1) is 0 Å². The van der Waals surface area contributed by atoms with Crippen molar-refractivity contribution in [3.05, 3.63) is 102 Å². The summed E-state index contributed by atoms with van der Waals surface area (Å²) in [5, 5.41) is 2.18. The normalized spacial score (nSPS) is 14.8. The Kier molecular flexibility index (Phi) is 7.73. The van der Waals surface area contributed by atoms with E-state index in [0.29, 0.717) is 16.8 Å². The number of benzene rings is 3. The van der Waals surface area contributed by atoms with Gasteiger partial charge < -0.3 is 8.92 Å². The first kappa shape index (κ1) is 26.4. The monoisotopic (exact) mass is 532 g/mol. The lowest BCUT2D eigenvalue weighted by Gasteiger charge is -2.26. The zero-order valence-electron chi connectivity index (χ0n) is 20.4. The Morgan fingerprint density at radius 1 is 0.974 bits per heavy atom. The Balaban J connectivity index is 1.79. The minimum Gasteiger partial charge on any atom is -0.490 e. The lowest BCUT2D eigenvalue weighted by molar-refractivity contribution is -0.122. The van der Waals surface area contributed by atoms with Gasteiger partial charge in [0.15, 0.2) is 11.5 Å². The lowest BCUT2D eigenvalue weighted by Crippen LogP contribution is -2.54.